The van der Waals surface area contributed by atoms with Crippen LogP contribution >= 0.6 is 11.6 Å². The van der Waals surface area contributed by atoms with Gasteiger partial charge in [-0.25, -0.2) is 8.78 Å². The fraction of sp³-hybridized carbons (Fsp3) is 0.300. The van der Waals surface area contributed by atoms with Gasteiger partial charge in [0.2, 0.25) is 0 Å². The highest BCUT2D eigenvalue weighted by atomic mass is 35.5. The molecule has 0 radical (unpaired) electrons. The zero-order valence-electron chi connectivity index (χ0n) is 8.41. The standard InChI is InChI=1S/C10H6ClF5O/c1-4(17)5-2-6(9(12)13)8(11)3-7(5)10(14,15)16/h2-3,9H,1H3. The Bertz CT molecular complexity index is 453. The number of benzene rings is 1. The SMILES string of the molecule is CC(=O)c1cc(C(F)F)c(Cl)cc1C(F)(F)F. The molecule has 0 unspecified atom stereocenters. The summed E-state index contributed by atoms with van der Waals surface area (Å²) in [5, 5.41) is -0.711. The van der Waals surface area contributed by atoms with Gasteiger partial charge < -0.3 is 0 Å². The average molecular weight is 273 g/mol. The van der Waals surface area contributed by atoms with Crippen molar-refractivity contribution >= 4 is 17.4 Å². The van der Waals surface area contributed by atoms with Crippen LogP contribution in [0.4, 0.5) is 22.0 Å². The Labute approximate surface area is 98.2 Å². The van der Waals surface area contributed by atoms with Gasteiger partial charge in [0.05, 0.1) is 10.6 Å². The number of Topliss-reactive ketones (excluding diaryl/α,β-unsaturated/α-hetero) is 1. The van der Waals surface area contributed by atoms with Crippen LogP contribution in [0.25, 0.3) is 0 Å². The predicted molar refractivity (Wildman–Crippen MR) is 51.4 cm³/mol. The first-order valence-electron chi connectivity index (χ1n) is 4.34. The van der Waals surface area contributed by atoms with Crippen LogP contribution in [-0.2, 0) is 6.18 Å². The Kier molecular flexibility index (Phi) is 3.76. The molecule has 17 heavy (non-hydrogen) atoms. The number of halogens is 6. The summed E-state index contributed by atoms with van der Waals surface area (Å²) < 4.78 is 62.4. The van der Waals surface area contributed by atoms with Gasteiger partial charge in [0.25, 0.3) is 6.43 Å². The number of carbonyl (C=O) groups is 1. The molecule has 0 aliphatic carbocycles. The highest BCUT2D eigenvalue weighted by Gasteiger charge is 2.36. The topological polar surface area (TPSA) is 17.1 Å². The summed E-state index contributed by atoms with van der Waals surface area (Å²) in [5.74, 6) is -0.948. The molecule has 0 amide bonds. The van der Waals surface area contributed by atoms with E-state index in [1.807, 2.05) is 0 Å². The third-order valence-electron chi connectivity index (χ3n) is 2.06. The maximum Gasteiger partial charge on any atom is 0.417 e. The van der Waals surface area contributed by atoms with Gasteiger partial charge in [-0.3, -0.25) is 4.79 Å². The van der Waals surface area contributed by atoms with Crippen LogP contribution in [0.2, 0.25) is 5.02 Å². The van der Waals surface area contributed by atoms with Crippen LogP contribution in [0.3, 0.4) is 0 Å². The van der Waals surface area contributed by atoms with E-state index < -0.39 is 40.1 Å². The summed E-state index contributed by atoms with van der Waals surface area (Å²) in [6.45, 7) is 0.869. The summed E-state index contributed by atoms with van der Waals surface area (Å²) in [7, 11) is 0. The van der Waals surface area contributed by atoms with Crippen molar-refractivity contribution in [3.8, 4) is 0 Å². The van der Waals surface area contributed by atoms with Crippen LogP contribution in [-0.4, -0.2) is 5.78 Å². The van der Waals surface area contributed by atoms with Crippen LogP contribution in [0.1, 0.15) is 34.8 Å². The first-order chi connectivity index (χ1) is 7.64. The van der Waals surface area contributed by atoms with Gasteiger partial charge in [-0.2, -0.15) is 13.2 Å². The molecule has 0 saturated heterocycles. The average Bonchev–Trinajstić information content (AvgIpc) is 2.14. The highest BCUT2D eigenvalue weighted by Crippen LogP contribution is 2.37. The minimum absolute atomic E-state index is 0.347. The maximum absolute atomic E-state index is 12.5. The quantitative estimate of drug-likeness (QED) is 0.572. The first kappa shape index (κ1) is 13.9. The lowest BCUT2D eigenvalue weighted by molar-refractivity contribution is -0.137. The number of carbonyl (C=O) groups excluding carboxylic acids is 1. The van der Waals surface area contributed by atoms with Crippen LogP contribution < -0.4 is 0 Å². The zero-order valence-corrected chi connectivity index (χ0v) is 9.16. The third kappa shape index (κ3) is 2.94. The summed E-state index contributed by atoms with van der Waals surface area (Å²) in [6, 6.07) is 0.831. The van der Waals surface area contributed by atoms with E-state index in [0.717, 1.165) is 6.92 Å². The zero-order chi connectivity index (χ0) is 13.4. The summed E-state index contributed by atoms with van der Waals surface area (Å²) >= 11 is 5.32. The van der Waals surface area contributed by atoms with Gasteiger partial charge in [-0.15, -0.1) is 0 Å². The van der Waals surface area contributed by atoms with E-state index in [1.54, 1.807) is 0 Å². The van der Waals surface area contributed by atoms with Crippen molar-refractivity contribution in [1.82, 2.24) is 0 Å². The number of hydrogen-bond donors (Lipinski definition) is 0. The van der Waals surface area contributed by atoms with Crippen molar-refractivity contribution in [3.05, 3.63) is 33.8 Å². The van der Waals surface area contributed by atoms with Gasteiger partial charge in [-0.1, -0.05) is 11.6 Å². The molecule has 0 heterocycles. The Hall–Kier alpha value is -1.17. The lowest BCUT2D eigenvalue weighted by atomic mass is 10.0. The van der Waals surface area contributed by atoms with Crippen molar-refractivity contribution < 1.29 is 26.7 Å². The molecule has 1 rings (SSSR count). The van der Waals surface area contributed by atoms with Gasteiger partial charge in [0, 0.05) is 11.1 Å². The fourth-order valence-electron chi connectivity index (χ4n) is 1.28. The molecule has 1 aromatic rings. The maximum atomic E-state index is 12.5. The summed E-state index contributed by atoms with van der Waals surface area (Å²) in [5.41, 5.74) is -2.90. The van der Waals surface area contributed by atoms with E-state index in [2.05, 4.69) is 0 Å². The second-order valence-electron chi connectivity index (χ2n) is 3.27. The van der Waals surface area contributed by atoms with Crippen LogP contribution in [0.5, 0.6) is 0 Å². The Morgan fingerprint density at radius 2 is 1.82 bits per heavy atom. The minimum Gasteiger partial charge on any atom is -0.294 e. The lowest BCUT2D eigenvalue weighted by Crippen LogP contribution is -2.12. The molecule has 7 heteroatoms. The predicted octanol–water partition coefficient (Wildman–Crippen LogP) is 4.50. The van der Waals surface area contributed by atoms with Gasteiger partial charge in [0.15, 0.2) is 5.78 Å². The number of ketones is 1. The molecule has 1 aromatic carbocycles. The normalized spacial score (nSPS) is 12.0. The van der Waals surface area contributed by atoms with E-state index in [0.29, 0.717) is 12.1 Å². The molecule has 0 bridgehead atoms. The van der Waals surface area contributed by atoms with Crippen molar-refractivity contribution in [3.63, 3.8) is 0 Å². The molecule has 0 N–H and O–H groups in total. The first-order valence-corrected chi connectivity index (χ1v) is 4.72. The van der Waals surface area contributed by atoms with Crippen LogP contribution in [0, 0.1) is 0 Å². The van der Waals surface area contributed by atoms with Crippen molar-refractivity contribution in [2.75, 3.05) is 0 Å². The van der Waals surface area contributed by atoms with Crippen molar-refractivity contribution in [2.24, 2.45) is 0 Å². The highest BCUT2D eigenvalue weighted by molar-refractivity contribution is 6.31. The fourth-order valence-corrected chi connectivity index (χ4v) is 1.53. The Morgan fingerprint density at radius 1 is 1.29 bits per heavy atom. The molecule has 94 valence electrons. The van der Waals surface area contributed by atoms with E-state index in [9.17, 15) is 26.7 Å². The van der Waals surface area contributed by atoms with E-state index in [4.69, 9.17) is 11.6 Å². The van der Waals surface area contributed by atoms with Crippen LogP contribution in [0.15, 0.2) is 12.1 Å². The van der Waals surface area contributed by atoms with E-state index in [-0.39, 0.29) is 0 Å². The van der Waals surface area contributed by atoms with E-state index >= 15 is 0 Å². The second-order valence-corrected chi connectivity index (χ2v) is 3.68. The Morgan fingerprint density at radius 3 is 2.18 bits per heavy atom. The molecule has 0 atom stereocenters. The molecule has 0 saturated carbocycles. The number of hydrogen-bond acceptors (Lipinski definition) is 1. The number of rotatable bonds is 2. The molecule has 1 nitrogen and oxygen atoms in total. The van der Waals surface area contributed by atoms with Crippen molar-refractivity contribution in [1.29, 1.82) is 0 Å². The number of alkyl halides is 5. The largest absolute Gasteiger partial charge is 0.417 e. The monoisotopic (exact) mass is 272 g/mol. The van der Waals surface area contributed by atoms with Gasteiger partial charge in [0.1, 0.15) is 0 Å². The summed E-state index contributed by atoms with van der Waals surface area (Å²) in [6.07, 6.45) is -7.85. The molecule has 0 fully saturated rings. The molecule has 0 aromatic heterocycles. The van der Waals surface area contributed by atoms with E-state index in [1.165, 1.54) is 0 Å². The van der Waals surface area contributed by atoms with Crippen molar-refractivity contribution in [2.45, 2.75) is 19.5 Å². The molecular formula is C10H6ClF5O. The molecule has 0 aliphatic heterocycles. The Balaban J connectivity index is 3.53. The minimum atomic E-state index is -4.81. The van der Waals surface area contributed by atoms with Gasteiger partial charge in [-0.05, 0) is 19.1 Å². The molecule has 0 aliphatic rings. The smallest absolute Gasteiger partial charge is 0.294 e. The lowest BCUT2D eigenvalue weighted by Gasteiger charge is -2.13. The van der Waals surface area contributed by atoms with Gasteiger partial charge >= 0.3 is 6.18 Å². The molecule has 0 spiro atoms. The second kappa shape index (κ2) is 4.60. The third-order valence-corrected chi connectivity index (χ3v) is 2.38. The molecular weight excluding hydrogens is 267 g/mol. The summed E-state index contributed by atoms with van der Waals surface area (Å²) in [4.78, 5) is 11.0.